The summed E-state index contributed by atoms with van der Waals surface area (Å²) in [5.74, 6) is 0.174. The number of hydrogen-bond donors (Lipinski definition) is 1. The van der Waals surface area contributed by atoms with Gasteiger partial charge in [-0.3, -0.25) is 9.69 Å². The predicted octanol–water partition coefficient (Wildman–Crippen LogP) is 3.09. The Morgan fingerprint density at radius 3 is 2.75 bits per heavy atom. The largest absolute Gasteiger partial charge is 0.494 e. The van der Waals surface area contributed by atoms with E-state index in [2.05, 4.69) is 24.0 Å². The molecule has 1 N–H and O–H groups in total. The van der Waals surface area contributed by atoms with Crippen molar-refractivity contribution < 1.29 is 14.6 Å². The molecule has 1 aliphatic heterocycles. The molecule has 0 aromatic heterocycles. The van der Waals surface area contributed by atoms with Gasteiger partial charge in [0.1, 0.15) is 5.75 Å². The quantitative estimate of drug-likeness (QED) is 0.868. The molecule has 1 fully saturated rings. The zero-order valence-electron chi connectivity index (χ0n) is 12.2. The summed E-state index contributed by atoms with van der Waals surface area (Å²) in [6.07, 6.45) is 2.30. The lowest BCUT2D eigenvalue weighted by molar-refractivity contribution is -0.138. The first-order valence-electron chi connectivity index (χ1n) is 7.32. The van der Waals surface area contributed by atoms with Crippen LogP contribution in [0, 0.1) is 0 Å². The minimum atomic E-state index is -0.708. The van der Waals surface area contributed by atoms with E-state index in [0.717, 1.165) is 25.1 Å². The highest BCUT2D eigenvalue weighted by Gasteiger charge is 2.30. The van der Waals surface area contributed by atoms with Crippen molar-refractivity contribution in [1.82, 2.24) is 4.90 Å². The highest BCUT2D eigenvalue weighted by atomic mass is 16.5. The Balaban J connectivity index is 2.05. The summed E-state index contributed by atoms with van der Waals surface area (Å²) in [7, 11) is 0. The van der Waals surface area contributed by atoms with Crippen molar-refractivity contribution in [3.8, 4) is 5.75 Å². The summed E-state index contributed by atoms with van der Waals surface area (Å²) in [6.45, 7) is 5.77. The lowest BCUT2D eigenvalue weighted by Crippen LogP contribution is -2.33. The standard InChI is InChI=1S/C16H23NO3/c1-3-20-15-8-6-13(7-9-15)12(2)17-10-4-5-14(17)11-16(18)19/h6-9,12,14H,3-5,10-11H2,1-2H3,(H,18,19). The number of benzene rings is 1. The molecule has 2 unspecified atom stereocenters. The average molecular weight is 277 g/mol. The topological polar surface area (TPSA) is 49.8 Å². The van der Waals surface area contributed by atoms with Crippen molar-refractivity contribution in [2.45, 2.75) is 45.2 Å². The number of carboxylic acids is 1. The first kappa shape index (κ1) is 14.9. The lowest BCUT2D eigenvalue weighted by Gasteiger charge is -2.30. The normalized spacial score (nSPS) is 20.8. The molecule has 0 radical (unpaired) electrons. The second kappa shape index (κ2) is 6.75. The van der Waals surface area contributed by atoms with Crippen LogP contribution in [-0.4, -0.2) is 35.2 Å². The zero-order chi connectivity index (χ0) is 14.5. The average Bonchev–Trinajstić information content (AvgIpc) is 2.86. The van der Waals surface area contributed by atoms with E-state index in [9.17, 15) is 4.79 Å². The van der Waals surface area contributed by atoms with Crippen LogP contribution in [0.25, 0.3) is 0 Å². The summed E-state index contributed by atoms with van der Waals surface area (Å²) in [5, 5.41) is 9.00. The van der Waals surface area contributed by atoms with Crippen molar-refractivity contribution >= 4 is 5.97 Å². The molecule has 2 atom stereocenters. The third-order valence-corrected chi connectivity index (χ3v) is 4.00. The van der Waals surface area contributed by atoms with Crippen LogP contribution >= 0.6 is 0 Å². The number of nitrogens with zero attached hydrogens (tertiary/aromatic N) is 1. The van der Waals surface area contributed by atoms with Gasteiger partial charge in [0, 0.05) is 12.1 Å². The van der Waals surface area contributed by atoms with E-state index >= 15 is 0 Å². The van der Waals surface area contributed by atoms with Gasteiger partial charge in [-0.05, 0) is 50.9 Å². The van der Waals surface area contributed by atoms with Gasteiger partial charge in [-0.25, -0.2) is 0 Å². The lowest BCUT2D eigenvalue weighted by atomic mass is 10.0. The first-order chi connectivity index (χ1) is 9.61. The molecule has 1 saturated heterocycles. The number of carbonyl (C=O) groups is 1. The molecule has 2 rings (SSSR count). The number of ether oxygens (including phenoxy) is 1. The predicted molar refractivity (Wildman–Crippen MR) is 78.0 cm³/mol. The Bertz CT molecular complexity index is 444. The summed E-state index contributed by atoms with van der Waals surface area (Å²) in [6, 6.07) is 8.53. The van der Waals surface area contributed by atoms with Gasteiger partial charge >= 0.3 is 5.97 Å². The maximum atomic E-state index is 10.9. The molecule has 0 amide bonds. The third kappa shape index (κ3) is 3.51. The summed E-state index contributed by atoms with van der Waals surface area (Å²) >= 11 is 0. The van der Waals surface area contributed by atoms with E-state index in [4.69, 9.17) is 9.84 Å². The van der Waals surface area contributed by atoms with E-state index in [1.807, 2.05) is 19.1 Å². The van der Waals surface area contributed by atoms with E-state index in [0.29, 0.717) is 6.61 Å². The Morgan fingerprint density at radius 1 is 1.45 bits per heavy atom. The minimum absolute atomic E-state index is 0.161. The minimum Gasteiger partial charge on any atom is -0.494 e. The highest BCUT2D eigenvalue weighted by molar-refractivity contribution is 5.67. The van der Waals surface area contributed by atoms with Gasteiger partial charge in [0.25, 0.3) is 0 Å². The molecule has 1 aromatic carbocycles. The number of hydrogen-bond acceptors (Lipinski definition) is 3. The Morgan fingerprint density at radius 2 is 2.15 bits per heavy atom. The van der Waals surface area contributed by atoms with E-state index < -0.39 is 5.97 Å². The summed E-state index contributed by atoms with van der Waals surface area (Å²) in [5.41, 5.74) is 1.21. The SMILES string of the molecule is CCOc1ccc(C(C)N2CCCC2CC(=O)O)cc1. The van der Waals surface area contributed by atoms with Crippen LogP contribution in [0.4, 0.5) is 0 Å². The molecule has 0 saturated carbocycles. The van der Waals surface area contributed by atoms with Gasteiger partial charge < -0.3 is 9.84 Å². The Hall–Kier alpha value is -1.55. The molecule has 4 heteroatoms. The Kier molecular flexibility index (Phi) is 5.01. The van der Waals surface area contributed by atoms with Gasteiger partial charge in [0.2, 0.25) is 0 Å². The third-order valence-electron chi connectivity index (χ3n) is 4.00. The van der Waals surface area contributed by atoms with Crippen LogP contribution in [0.2, 0.25) is 0 Å². The van der Waals surface area contributed by atoms with Gasteiger partial charge in [-0.1, -0.05) is 12.1 Å². The smallest absolute Gasteiger partial charge is 0.304 e. The zero-order valence-corrected chi connectivity index (χ0v) is 12.2. The molecule has 20 heavy (non-hydrogen) atoms. The molecule has 1 aromatic rings. The van der Waals surface area contributed by atoms with Crippen LogP contribution in [0.5, 0.6) is 5.75 Å². The molecule has 1 heterocycles. The monoisotopic (exact) mass is 277 g/mol. The van der Waals surface area contributed by atoms with E-state index in [1.54, 1.807) is 0 Å². The van der Waals surface area contributed by atoms with Gasteiger partial charge in [0.05, 0.1) is 13.0 Å². The maximum Gasteiger partial charge on any atom is 0.304 e. The van der Waals surface area contributed by atoms with Gasteiger partial charge in [0.15, 0.2) is 0 Å². The van der Waals surface area contributed by atoms with Crippen LogP contribution in [0.15, 0.2) is 24.3 Å². The molecule has 1 aliphatic rings. The number of aliphatic carboxylic acids is 1. The summed E-state index contributed by atoms with van der Waals surface area (Å²) in [4.78, 5) is 13.2. The maximum absolute atomic E-state index is 10.9. The van der Waals surface area contributed by atoms with Crippen LogP contribution in [0.1, 0.15) is 44.7 Å². The Labute approximate surface area is 120 Å². The van der Waals surface area contributed by atoms with Crippen molar-refractivity contribution in [3.63, 3.8) is 0 Å². The molecule has 4 nitrogen and oxygen atoms in total. The summed E-state index contributed by atoms with van der Waals surface area (Å²) < 4.78 is 5.45. The van der Waals surface area contributed by atoms with Gasteiger partial charge in [-0.15, -0.1) is 0 Å². The van der Waals surface area contributed by atoms with Crippen LogP contribution < -0.4 is 4.74 Å². The van der Waals surface area contributed by atoms with Crippen LogP contribution in [0.3, 0.4) is 0 Å². The highest BCUT2D eigenvalue weighted by Crippen LogP contribution is 2.31. The first-order valence-corrected chi connectivity index (χ1v) is 7.32. The molecular weight excluding hydrogens is 254 g/mol. The van der Waals surface area contributed by atoms with Gasteiger partial charge in [-0.2, -0.15) is 0 Å². The molecule has 0 aliphatic carbocycles. The van der Waals surface area contributed by atoms with Crippen molar-refractivity contribution in [1.29, 1.82) is 0 Å². The fraction of sp³-hybridized carbons (Fsp3) is 0.562. The van der Waals surface area contributed by atoms with E-state index in [-0.39, 0.29) is 18.5 Å². The number of rotatable bonds is 6. The second-order valence-electron chi connectivity index (χ2n) is 5.31. The fourth-order valence-electron chi connectivity index (χ4n) is 2.99. The fourth-order valence-corrected chi connectivity index (χ4v) is 2.99. The molecule has 0 bridgehead atoms. The molecule has 0 spiro atoms. The second-order valence-corrected chi connectivity index (χ2v) is 5.31. The molecular formula is C16H23NO3. The van der Waals surface area contributed by atoms with Crippen molar-refractivity contribution in [2.75, 3.05) is 13.2 Å². The van der Waals surface area contributed by atoms with Crippen molar-refractivity contribution in [2.24, 2.45) is 0 Å². The number of likely N-dealkylation sites (tertiary alicyclic amines) is 1. The van der Waals surface area contributed by atoms with E-state index in [1.165, 1.54) is 5.56 Å². The van der Waals surface area contributed by atoms with Crippen LogP contribution in [-0.2, 0) is 4.79 Å². The number of carboxylic acid groups (broad SMARTS) is 1. The molecule has 110 valence electrons. The van der Waals surface area contributed by atoms with Crippen molar-refractivity contribution in [3.05, 3.63) is 29.8 Å².